The van der Waals surface area contributed by atoms with E-state index in [4.69, 9.17) is 5.11 Å². The molecular formula is C10H12O3. The molecular weight excluding hydrogens is 168 g/mol. The molecule has 1 unspecified atom stereocenters. The normalized spacial score (nSPS) is 12.5. The van der Waals surface area contributed by atoms with Crippen LogP contribution in [0.15, 0.2) is 24.3 Å². The van der Waals surface area contributed by atoms with Crippen LogP contribution >= 0.6 is 0 Å². The summed E-state index contributed by atoms with van der Waals surface area (Å²) in [6.45, 7) is 1.43. The molecule has 3 heteroatoms. The van der Waals surface area contributed by atoms with Crippen molar-refractivity contribution in [3.8, 4) is 5.75 Å². The monoisotopic (exact) mass is 180 g/mol. The predicted molar refractivity (Wildman–Crippen MR) is 48.4 cm³/mol. The van der Waals surface area contributed by atoms with E-state index < -0.39 is 6.10 Å². The Morgan fingerprint density at radius 2 is 1.92 bits per heavy atom. The van der Waals surface area contributed by atoms with Crippen molar-refractivity contribution in [3.05, 3.63) is 29.8 Å². The van der Waals surface area contributed by atoms with Crippen LogP contribution in [0.2, 0.25) is 0 Å². The number of phenolic OH excluding ortho intramolecular Hbond substituents is 1. The number of hydrogen-bond acceptors (Lipinski definition) is 3. The van der Waals surface area contributed by atoms with Gasteiger partial charge in [0, 0.05) is 6.42 Å². The molecule has 0 amide bonds. The average molecular weight is 180 g/mol. The Balaban J connectivity index is 2.71. The Bertz CT molecular complexity index is 290. The summed E-state index contributed by atoms with van der Waals surface area (Å²) in [5.41, 5.74) is 0.646. The van der Waals surface area contributed by atoms with Gasteiger partial charge >= 0.3 is 0 Å². The van der Waals surface area contributed by atoms with Crippen LogP contribution in [0, 0.1) is 0 Å². The predicted octanol–water partition coefficient (Wildman–Crippen LogP) is 1.40. The molecule has 0 saturated heterocycles. The van der Waals surface area contributed by atoms with Crippen molar-refractivity contribution in [2.45, 2.75) is 19.4 Å². The van der Waals surface area contributed by atoms with Gasteiger partial charge in [-0.1, -0.05) is 12.1 Å². The molecule has 1 rings (SSSR count). The number of benzene rings is 1. The van der Waals surface area contributed by atoms with Gasteiger partial charge < -0.3 is 10.2 Å². The molecule has 0 aliphatic carbocycles. The van der Waals surface area contributed by atoms with E-state index in [1.165, 1.54) is 19.1 Å². The summed E-state index contributed by atoms with van der Waals surface area (Å²) in [5.74, 6) is 0.0966. The minimum absolute atomic E-state index is 0.0550. The summed E-state index contributed by atoms with van der Waals surface area (Å²) in [6, 6.07) is 6.17. The maximum absolute atomic E-state index is 10.7. The van der Waals surface area contributed by atoms with Gasteiger partial charge in [-0.25, -0.2) is 0 Å². The van der Waals surface area contributed by atoms with Crippen LogP contribution in [0.3, 0.4) is 0 Å². The fourth-order valence-corrected chi connectivity index (χ4v) is 1.09. The quantitative estimate of drug-likeness (QED) is 0.739. The molecule has 3 nitrogen and oxygen atoms in total. The molecule has 0 radical (unpaired) electrons. The first-order valence-corrected chi connectivity index (χ1v) is 4.06. The maximum atomic E-state index is 10.7. The number of aliphatic hydroxyl groups excluding tert-OH is 1. The molecule has 0 aliphatic rings. The van der Waals surface area contributed by atoms with Crippen molar-refractivity contribution in [1.29, 1.82) is 0 Å². The van der Waals surface area contributed by atoms with Crippen molar-refractivity contribution in [2.75, 3.05) is 0 Å². The highest BCUT2D eigenvalue weighted by molar-refractivity contribution is 5.76. The summed E-state index contributed by atoms with van der Waals surface area (Å²) in [5, 5.41) is 18.5. The lowest BCUT2D eigenvalue weighted by molar-refractivity contribution is -0.118. The molecule has 0 saturated carbocycles. The molecule has 0 bridgehead atoms. The van der Waals surface area contributed by atoms with Crippen LogP contribution in [0.1, 0.15) is 25.0 Å². The van der Waals surface area contributed by atoms with E-state index in [9.17, 15) is 9.90 Å². The Morgan fingerprint density at radius 1 is 1.38 bits per heavy atom. The van der Waals surface area contributed by atoms with Gasteiger partial charge in [-0.3, -0.25) is 4.79 Å². The SMILES string of the molecule is CC(=O)CC(O)c1ccc(O)cc1. The highest BCUT2D eigenvalue weighted by Crippen LogP contribution is 2.19. The van der Waals surface area contributed by atoms with Crippen molar-refractivity contribution in [3.63, 3.8) is 0 Å². The minimum atomic E-state index is -0.766. The number of carbonyl (C=O) groups excluding carboxylic acids is 1. The van der Waals surface area contributed by atoms with Crippen LogP contribution < -0.4 is 0 Å². The lowest BCUT2D eigenvalue weighted by Gasteiger charge is -2.08. The first-order valence-electron chi connectivity index (χ1n) is 4.06. The molecule has 0 aromatic heterocycles. The van der Waals surface area contributed by atoms with Crippen LogP contribution in [0.5, 0.6) is 5.75 Å². The average Bonchev–Trinajstić information content (AvgIpc) is 2.04. The molecule has 0 spiro atoms. The van der Waals surface area contributed by atoms with E-state index in [1.807, 2.05) is 0 Å². The van der Waals surface area contributed by atoms with Crippen LogP contribution in [0.25, 0.3) is 0 Å². The zero-order valence-electron chi connectivity index (χ0n) is 7.40. The number of phenols is 1. The maximum Gasteiger partial charge on any atom is 0.132 e. The van der Waals surface area contributed by atoms with Gasteiger partial charge in [-0.05, 0) is 24.6 Å². The number of aromatic hydroxyl groups is 1. The van der Waals surface area contributed by atoms with Gasteiger partial charge in [-0.2, -0.15) is 0 Å². The van der Waals surface area contributed by atoms with Crippen molar-refractivity contribution in [1.82, 2.24) is 0 Å². The number of carbonyl (C=O) groups is 1. The van der Waals surface area contributed by atoms with Gasteiger partial charge in [0.25, 0.3) is 0 Å². The van der Waals surface area contributed by atoms with Gasteiger partial charge in [0.05, 0.1) is 6.10 Å². The second-order valence-corrected chi connectivity index (χ2v) is 3.01. The third-order valence-electron chi connectivity index (χ3n) is 1.76. The van der Waals surface area contributed by atoms with Crippen molar-refractivity contribution in [2.24, 2.45) is 0 Å². The highest BCUT2D eigenvalue weighted by Gasteiger charge is 2.09. The van der Waals surface area contributed by atoms with E-state index in [2.05, 4.69) is 0 Å². The molecule has 0 aliphatic heterocycles. The van der Waals surface area contributed by atoms with Crippen molar-refractivity contribution < 1.29 is 15.0 Å². The second kappa shape index (κ2) is 4.05. The first-order chi connectivity index (χ1) is 6.09. The standard InChI is InChI=1S/C10H12O3/c1-7(11)6-10(13)8-2-4-9(12)5-3-8/h2-5,10,12-13H,6H2,1H3. The summed E-state index contributed by atoms with van der Waals surface area (Å²) in [6.07, 6.45) is -0.650. The Kier molecular flexibility index (Phi) is 3.03. The summed E-state index contributed by atoms with van der Waals surface area (Å²) < 4.78 is 0. The molecule has 70 valence electrons. The molecule has 0 heterocycles. The fourth-order valence-electron chi connectivity index (χ4n) is 1.09. The molecule has 1 atom stereocenters. The number of hydrogen-bond donors (Lipinski definition) is 2. The summed E-state index contributed by atoms with van der Waals surface area (Å²) in [7, 11) is 0. The van der Waals surface area contributed by atoms with Crippen LogP contribution in [-0.2, 0) is 4.79 Å². The third-order valence-corrected chi connectivity index (χ3v) is 1.76. The van der Waals surface area contributed by atoms with Crippen molar-refractivity contribution >= 4 is 5.78 Å². The van der Waals surface area contributed by atoms with Crippen LogP contribution in [0.4, 0.5) is 0 Å². The highest BCUT2D eigenvalue weighted by atomic mass is 16.3. The van der Waals surface area contributed by atoms with Crippen LogP contribution in [-0.4, -0.2) is 16.0 Å². The molecule has 13 heavy (non-hydrogen) atoms. The van der Waals surface area contributed by atoms with Gasteiger partial charge in [0.15, 0.2) is 0 Å². The fraction of sp³-hybridized carbons (Fsp3) is 0.300. The van der Waals surface area contributed by atoms with E-state index in [0.29, 0.717) is 5.56 Å². The smallest absolute Gasteiger partial charge is 0.132 e. The zero-order valence-corrected chi connectivity index (χ0v) is 7.40. The Hall–Kier alpha value is -1.35. The third kappa shape index (κ3) is 2.87. The zero-order chi connectivity index (χ0) is 9.84. The number of aliphatic hydroxyl groups is 1. The van der Waals surface area contributed by atoms with E-state index in [-0.39, 0.29) is 18.0 Å². The number of ketones is 1. The Morgan fingerprint density at radius 3 is 2.38 bits per heavy atom. The Labute approximate surface area is 76.6 Å². The number of Topliss-reactive ketones (excluding diaryl/α,β-unsaturated/α-hetero) is 1. The summed E-state index contributed by atoms with van der Waals surface area (Å²) >= 11 is 0. The largest absolute Gasteiger partial charge is 0.508 e. The van der Waals surface area contributed by atoms with E-state index in [1.54, 1.807) is 12.1 Å². The van der Waals surface area contributed by atoms with Gasteiger partial charge in [-0.15, -0.1) is 0 Å². The minimum Gasteiger partial charge on any atom is -0.508 e. The molecule has 1 aromatic carbocycles. The lowest BCUT2D eigenvalue weighted by atomic mass is 10.1. The molecule has 1 aromatic rings. The van der Waals surface area contributed by atoms with Gasteiger partial charge in [0.1, 0.15) is 11.5 Å². The molecule has 2 N–H and O–H groups in total. The lowest BCUT2D eigenvalue weighted by Crippen LogP contribution is -2.02. The molecule has 0 fully saturated rings. The summed E-state index contributed by atoms with van der Waals surface area (Å²) in [4.78, 5) is 10.7. The van der Waals surface area contributed by atoms with E-state index in [0.717, 1.165) is 0 Å². The topological polar surface area (TPSA) is 57.5 Å². The second-order valence-electron chi connectivity index (χ2n) is 3.01. The van der Waals surface area contributed by atoms with Gasteiger partial charge in [0.2, 0.25) is 0 Å². The van der Waals surface area contributed by atoms with E-state index >= 15 is 0 Å². The first kappa shape index (κ1) is 9.74. The number of rotatable bonds is 3.